The Morgan fingerprint density at radius 2 is 1.72 bits per heavy atom. The van der Waals surface area contributed by atoms with Gasteiger partial charge in [-0.3, -0.25) is 4.90 Å². The van der Waals surface area contributed by atoms with E-state index >= 15 is 0 Å². The fourth-order valence-electron chi connectivity index (χ4n) is 4.40. The average molecular weight is 404 g/mol. The molecule has 0 aromatic heterocycles. The molecule has 162 valence electrons. The predicted molar refractivity (Wildman–Crippen MR) is 115 cm³/mol. The van der Waals surface area contributed by atoms with Gasteiger partial charge in [-0.05, 0) is 65.6 Å². The summed E-state index contributed by atoms with van der Waals surface area (Å²) < 4.78 is 10.9. The van der Waals surface area contributed by atoms with Crippen LogP contribution in [0.1, 0.15) is 52.0 Å². The van der Waals surface area contributed by atoms with Crippen LogP contribution in [-0.2, 0) is 11.3 Å². The summed E-state index contributed by atoms with van der Waals surface area (Å²) in [5.74, 6) is 0.981. The highest BCUT2D eigenvalue weighted by molar-refractivity contribution is 5.68. The van der Waals surface area contributed by atoms with Crippen LogP contribution < -0.4 is 10.1 Å². The summed E-state index contributed by atoms with van der Waals surface area (Å²) in [5, 5.41) is 3.04. The summed E-state index contributed by atoms with van der Waals surface area (Å²) in [7, 11) is 1.74. The lowest BCUT2D eigenvalue weighted by Gasteiger charge is -2.42. The van der Waals surface area contributed by atoms with Gasteiger partial charge >= 0.3 is 6.09 Å². The van der Waals surface area contributed by atoms with Crippen LogP contribution in [-0.4, -0.2) is 66.9 Å². The number of benzene rings is 1. The summed E-state index contributed by atoms with van der Waals surface area (Å²) >= 11 is 0. The molecule has 2 aliphatic rings. The molecule has 0 saturated carbocycles. The molecule has 3 rings (SSSR count). The molecule has 1 N–H and O–H groups in total. The number of piperidine rings is 2. The number of likely N-dealkylation sites (tertiary alicyclic amines) is 2. The van der Waals surface area contributed by atoms with Gasteiger partial charge in [-0.2, -0.15) is 0 Å². The lowest BCUT2D eigenvalue weighted by atomic mass is 9.97. The van der Waals surface area contributed by atoms with E-state index in [-0.39, 0.29) is 12.1 Å². The van der Waals surface area contributed by atoms with E-state index in [4.69, 9.17) is 9.47 Å². The smallest absolute Gasteiger partial charge is 0.407 e. The fraction of sp³-hybridized carbons (Fsp3) is 0.696. The molecule has 1 aromatic rings. The number of nitrogens with zero attached hydrogens (tertiary/aromatic N) is 2. The van der Waals surface area contributed by atoms with E-state index in [0.29, 0.717) is 6.04 Å². The van der Waals surface area contributed by atoms with Gasteiger partial charge < -0.3 is 19.7 Å². The van der Waals surface area contributed by atoms with Crippen LogP contribution in [0.2, 0.25) is 0 Å². The van der Waals surface area contributed by atoms with Crippen LogP contribution >= 0.6 is 0 Å². The Morgan fingerprint density at radius 1 is 1.07 bits per heavy atom. The highest BCUT2D eigenvalue weighted by Crippen LogP contribution is 2.25. The van der Waals surface area contributed by atoms with Gasteiger partial charge in [0.1, 0.15) is 11.4 Å². The Balaban J connectivity index is 1.39. The number of carbonyl (C=O) groups is 1. The first-order valence-electron chi connectivity index (χ1n) is 10.9. The van der Waals surface area contributed by atoms with Crippen LogP contribution in [0.25, 0.3) is 0 Å². The van der Waals surface area contributed by atoms with Crippen LogP contribution in [0.15, 0.2) is 24.3 Å². The number of rotatable bonds is 5. The molecule has 1 aromatic carbocycles. The van der Waals surface area contributed by atoms with Crippen molar-refractivity contribution < 1.29 is 14.3 Å². The van der Waals surface area contributed by atoms with Crippen molar-refractivity contribution in [1.82, 2.24) is 15.1 Å². The van der Waals surface area contributed by atoms with Gasteiger partial charge in [0.05, 0.1) is 7.11 Å². The number of hydrogen-bond acceptors (Lipinski definition) is 5. The van der Waals surface area contributed by atoms with E-state index in [1.165, 1.54) is 18.4 Å². The molecule has 0 aliphatic carbocycles. The number of nitrogens with one attached hydrogen (secondary N) is 1. The van der Waals surface area contributed by atoms with Crippen molar-refractivity contribution in [3.63, 3.8) is 0 Å². The van der Waals surface area contributed by atoms with Crippen molar-refractivity contribution in [2.75, 3.05) is 33.3 Å². The van der Waals surface area contributed by atoms with Gasteiger partial charge in [-0.15, -0.1) is 0 Å². The monoisotopic (exact) mass is 403 g/mol. The van der Waals surface area contributed by atoms with Gasteiger partial charge in [-0.25, -0.2) is 4.79 Å². The van der Waals surface area contributed by atoms with Crippen LogP contribution in [0.4, 0.5) is 4.79 Å². The maximum atomic E-state index is 12.0. The molecule has 2 saturated heterocycles. The first kappa shape index (κ1) is 21.9. The number of methoxy groups -OCH3 is 1. The van der Waals surface area contributed by atoms with Gasteiger partial charge in [-0.1, -0.05) is 18.2 Å². The molecule has 2 aliphatic heterocycles. The second kappa shape index (κ2) is 9.81. The molecular formula is C23H37N3O3. The zero-order chi connectivity index (χ0) is 20.9. The van der Waals surface area contributed by atoms with Gasteiger partial charge in [0.25, 0.3) is 0 Å². The summed E-state index contributed by atoms with van der Waals surface area (Å²) in [6.45, 7) is 11.0. The number of para-hydroxylation sites is 1. The minimum absolute atomic E-state index is 0.228. The van der Waals surface area contributed by atoms with E-state index in [1.54, 1.807) is 7.11 Å². The van der Waals surface area contributed by atoms with Crippen molar-refractivity contribution in [1.29, 1.82) is 0 Å². The largest absolute Gasteiger partial charge is 0.496 e. The van der Waals surface area contributed by atoms with Crippen molar-refractivity contribution in [2.24, 2.45) is 0 Å². The molecule has 0 spiro atoms. The molecule has 0 unspecified atom stereocenters. The molecule has 0 atom stereocenters. The van der Waals surface area contributed by atoms with Crippen molar-refractivity contribution in [3.8, 4) is 5.75 Å². The molecular weight excluding hydrogens is 366 g/mol. The van der Waals surface area contributed by atoms with Crippen LogP contribution in [0.3, 0.4) is 0 Å². The number of amides is 1. The summed E-state index contributed by atoms with van der Waals surface area (Å²) in [6, 6.07) is 9.19. The number of carbonyl (C=O) groups excluding carboxylic acids is 1. The molecule has 6 nitrogen and oxygen atoms in total. The third kappa shape index (κ3) is 6.61. The van der Waals surface area contributed by atoms with Crippen molar-refractivity contribution in [2.45, 2.75) is 70.7 Å². The number of ether oxygens (including phenoxy) is 2. The van der Waals surface area contributed by atoms with E-state index in [2.05, 4.69) is 27.2 Å². The standard InChI is InChI=1S/C23H37N3O3/c1-23(2,3)29-22(27)24-19-9-15-26(16-10-19)20-11-13-25(14-12-20)17-18-7-5-6-8-21(18)28-4/h5-8,19-20H,9-17H2,1-4H3,(H,24,27). The first-order valence-corrected chi connectivity index (χ1v) is 10.9. The number of alkyl carbamates (subject to hydrolysis) is 1. The summed E-state index contributed by atoms with van der Waals surface area (Å²) in [5.41, 5.74) is 0.824. The minimum atomic E-state index is -0.442. The normalized spacial score (nSPS) is 20.4. The van der Waals surface area contributed by atoms with Crippen molar-refractivity contribution in [3.05, 3.63) is 29.8 Å². The van der Waals surface area contributed by atoms with Crippen LogP contribution in [0, 0.1) is 0 Å². The Kier molecular flexibility index (Phi) is 7.41. The third-order valence-electron chi connectivity index (χ3n) is 5.91. The minimum Gasteiger partial charge on any atom is -0.496 e. The zero-order valence-corrected chi connectivity index (χ0v) is 18.4. The average Bonchev–Trinajstić information content (AvgIpc) is 2.68. The van der Waals surface area contributed by atoms with E-state index in [9.17, 15) is 4.79 Å². The molecule has 0 radical (unpaired) electrons. The van der Waals surface area contributed by atoms with Gasteiger partial charge in [0.2, 0.25) is 0 Å². The van der Waals surface area contributed by atoms with Crippen molar-refractivity contribution >= 4 is 6.09 Å². The summed E-state index contributed by atoms with van der Waals surface area (Å²) in [4.78, 5) is 17.1. The van der Waals surface area contributed by atoms with E-state index in [0.717, 1.165) is 51.3 Å². The SMILES string of the molecule is COc1ccccc1CN1CCC(N2CCC(NC(=O)OC(C)(C)C)CC2)CC1. The predicted octanol–water partition coefficient (Wildman–Crippen LogP) is 3.65. The molecule has 2 fully saturated rings. The quantitative estimate of drug-likeness (QED) is 0.813. The second-order valence-corrected chi connectivity index (χ2v) is 9.28. The van der Waals surface area contributed by atoms with Gasteiger partial charge in [0, 0.05) is 37.3 Å². The highest BCUT2D eigenvalue weighted by Gasteiger charge is 2.29. The van der Waals surface area contributed by atoms with E-state index in [1.807, 2.05) is 32.9 Å². The second-order valence-electron chi connectivity index (χ2n) is 9.28. The lowest BCUT2D eigenvalue weighted by Crippen LogP contribution is -2.51. The van der Waals surface area contributed by atoms with E-state index < -0.39 is 5.60 Å². The zero-order valence-electron chi connectivity index (χ0n) is 18.4. The molecule has 1 amide bonds. The Bertz CT molecular complexity index is 658. The highest BCUT2D eigenvalue weighted by atomic mass is 16.6. The molecule has 6 heteroatoms. The summed E-state index contributed by atoms with van der Waals surface area (Å²) in [6.07, 6.45) is 4.13. The fourth-order valence-corrected chi connectivity index (χ4v) is 4.40. The Hall–Kier alpha value is -1.79. The van der Waals surface area contributed by atoms with Crippen LogP contribution in [0.5, 0.6) is 5.75 Å². The molecule has 0 bridgehead atoms. The Morgan fingerprint density at radius 3 is 2.34 bits per heavy atom. The maximum Gasteiger partial charge on any atom is 0.407 e. The maximum absolute atomic E-state index is 12.0. The van der Waals surface area contributed by atoms with Gasteiger partial charge in [0.15, 0.2) is 0 Å². The third-order valence-corrected chi connectivity index (χ3v) is 5.91. The topological polar surface area (TPSA) is 54.0 Å². The molecule has 2 heterocycles. The first-order chi connectivity index (χ1) is 13.8. The number of hydrogen-bond donors (Lipinski definition) is 1. The lowest BCUT2D eigenvalue weighted by molar-refractivity contribution is 0.0441. The Labute approximate surface area is 175 Å². The molecule has 29 heavy (non-hydrogen) atoms.